The highest BCUT2D eigenvalue weighted by Crippen LogP contribution is 2.58. The molecule has 0 bridgehead atoms. The third-order valence-electron chi connectivity index (χ3n) is 13.7. The van der Waals surface area contributed by atoms with E-state index in [-0.39, 0.29) is 0 Å². The van der Waals surface area contributed by atoms with Gasteiger partial charge in [0, 0.05) is 20.5 Å². The van der Waals surface area contributed by atoms with Crippen molar-refractivity contribution < 1.29 is 0 Å². The number of hydrogen-bond donors (Lipinski definition) is 0. The summed E-state index contributed by atoms with van der Waals surface area (Å²) >= 11 is 0. The largest absolute Gasteiger partial charge is 0.113 e. The van der Waals surface area contributed by atoms with Crippen LogP contribution < -0.4 is 10.4 Å². The predicted octanol–water partition coefficient (Wildman–Crippen LogP) is 16.7. The van der Waals surface area contributed by atoms with Crippen molar-refractivity contribution in [2.75, 3.05) is 0 Å². The molecule has 0 fully saturated rings. The molecule has 0 saturated heterocycles. The quantitative estimate of drug-likeness (QED) is 0.122. The van der Waals surface area contributed by atoms with Gasteiger partial charge in [-0.1, -0.05) is 204 Å². The zero-order valence-electron chi connectivity index (χ0n) is 34.0. The van der Waals surface area contributed by atoms with Crippen molar-refractivity contribution in [2.24, 2.45) is 0 Å². The first-order valence-corrected chi connectivity index (χ1v) is 27.0. The molecular formula is C58H40P2Si. The first kappa shape index (κ1) is 35.3. The van der Waals surface area contributed by atoms with Gasteiger partial charge in [-0.25, -0.2) is 0 Å². The topological polar surface area (TPSA) is 0 Å². The highest BCUT2D eigenvalue weighted by molar-refractivity contribution is 7.68. The van der Waals surface area contributed by atoms with Crippen LogP contribution in [0.4, 0.5) is 0 Å². The van der Waals surface area contributed by atoms with Gasteiger partial charge >= 0.3 is 0 Å². The van der Waals surface area contributed by atoms with E-state index in [4.69, 9.17) is 0 Å². The molecule has 0 spiro atoms. The second-order valence-corrected chi connectivity index (χ2v) is 25.9. The van der Waals surface area contributed by atoms with Gasteiger partial charge < -0.3 is 0 Å². The molecule has 0 aliphatic carbocycles. The van der Waals surface area contributed by atoms with Gasteiger partial charge in [-0.05, 0) is 128 Å². The van der Waals surface area contributed by atoms with E-state index >= 15 is 0 Å². The fourth-order valence-electron chi connectivity index (χ4n) is 11.0. The summed E-state index contributed by atoms with van der Waals surface area (Å²) in [5.74, 6) is 0. The summed E-state index contributed by atoms with van der Waals surface area (Å²) in [6, 6.07) is 79.1. The number of rotatable bonds is 4. The maximum absolute atomic E-state index is 2.64. The molecule has 0 radical (unpaired) electrons. The van der Waals surface area contributed by atoms with Crippen LogP contribution in [-0.4, -0.2) is 8.07 Å². The fraction of sp³-hybridized carbons (Fsp3) is 0.0345. The van der Waals surface area contributed by atoms with Crippen LogP contribution in [0, 0.1) is 0 Å². The Balaban J connectivity index is 1.14. The summed E-state index contributed by atoms with van der Waals surface area (Å²) in [7, 11) is -3.25. The smallest absolute Gasteiger partial charge is 0.0772 e. The first-order chi connectivity index (χ1) is 30.0. The van der Waals surface area contributed by atoms with Gasteiger partial charge in [0.2, 0.25) is 0 Å². The van der Waals surface area contributed by atoms with Crippen molar-refractivity contribution >= 4 is 97.1 Å². The molecule has 1 aliphatic heterocycles. The highest BCUT2D eigenvalue weighted by atomic mass is 31.1. The van der Waals surface area contributed by atoms with Crippen LogP contribution in [0.1, 0.15) is 0 Å². The van der Waals surface area contributed by atoms with Crippen LogP contribution in [0.15, 0.2) is 206 Å². The standard InChI is InChI=1S/C58H40P2Si/c1-61(2)55-28-16-13-23-43(55)48-35-49-50(36-56(48)61)58(38-30-32-54-47(34-38)42-22-12-15-27-52(42)60(54)40-19-7-4-8-20-40)45-25-10-9-24-44(45)57(49)37-29-31-53-46(33-37)41-21-11-14-26-51(41)59(53)39-17-5-3-6-18-39/h3-36H,1-2H3. The molecular weight excluding hydrogens is 787 g/mol. The number of hydrogen-bond acceptors (Lipinski definition) is 0. The second-order valence-electron chi connectivity index (χ2n) is 17.2. The van der Waals surface area contributed by atoms with Crippen LogP contribution in [0.3, 0.4) is 0 Å². The third kappa shape index (κ3) is 5.07. The minimum absolute atomic E-state index is 0.633. The molecule has 2 aromatic heterocycles. The third-order valence-corrected chi connectivity index (χ3v) is 22.3. The molecule has 10 aromatic carbocycles. The van der Waals surface area contributed by atoms with Crippen LogP contribution in [0.5, 0.6) is 0 Å². The lowest BCUT2D eigenvalue weighted by atomic mass is 9.84. The fourth-order valence-corrected chi connectivity index (χ4v) is 19.3. The van der Waals surface area contributed by atoms with E-state index in [0.29, 0.717) is 0 Å². The average Bonchev–Trinajstić information content (AvgIpc) is 3.90. The molecule has 286 valence electrons. The van der Waals surface area contributed by atoms with Crippen molar-refractivity contribution in [2.45, 2.75) is 13.1 Å². The molecule has 2 unspecified atom stereocenters. The number of fused-ring (bicyclic) bond motifs is 11. The molecule has 3 heteroatoms. The molecule has 13 rings (SSSR count). The van der Waals surface area contributed by atoms with Gasteiger partial charge in [0.15, 0.2) is 0 Å². The van der Waals surface area contributed by atoms with Crippen molar-refractivity contribution in [1.29, 1.82) is 0 Å². The molecule has 61 heavy (non-hydrogen) atoms. The lowest BCUT2D eigenvalue weighted by Crippen LogP contribution is -2.49. The van der Waals surface area contributed by atoms with Crippen molar-refractivity contribution in [3.8, 4) is 44.0 Å². The van der Waals surface area contributed by atoms with E-state index < -0.39 is 23.1 Å². The molecule has 0 N–H and O–H groups in total. The van der Waals surface area contributed by atoms with E-state index in [9.17, 15) is 0 Å². The lowest BCUT2D eigenvalue weighted by Gasteiger charge is -2.22. The van der Waals surface area contributed by atoms with Crippen molar-refractivity contribution in [3.05, 3.63) is 206 Å². The van der Waals surface area contributed by atoms with Gasteiger partial charge in [-0.2, -0.15) is 0 Å². The van der Waals surface area contributed by atoms with E-state index in [1.54, 1.807) is 10.4 Å². The highest BCUT2D eigenvalue weighted by Gasteiger charge is 2.38. The Morgan fingerprint density at radius 1 is 0.295 bits per heavy atom. The Bertz CT molecular complexity index is 3780. The molecule has 1 aliphatic rings. The first-order valence-electron chi connectivity index (χ1n) is 21.4. The zero-order chi connectivity index (χ0) is 40.4. The molecule has 12 aromatic rings. The van der Waals surface area contributed by atoms with Gasteiger partial charge in [0.05, 0.1) is 0 Å². The Morgan fingerprint density at radius 3 is 1.26 bits per heavy atom. The average molecular weight is 827 g/mol. The molecule has 0 nitrogen and oxygen atoms in total. The summed E-state index contributed by atoms with van der Waals surface area (Å²) in [4.78, 5) is 0. The van der Waals surface area contributed by atoms with E-state index in [2.05, 4.69) is 219 Å². The Morgan fingerprint density at radius 2 is 0.721 bits per heavy atom. The molecule has 0 saturated carbocycles. The number of benzene rings is 10. The van der Waals surface area contributed by atoms with Gasteiger partial charge in [0.25, 0.3) is 0 Å². The summed E-state index contributed by atoms with van der Waals surface area (Å²) in [6.07, 6.45) is 0. The minimum Gasteiger partial charge on any atom is -0.0772 e. The Hall–Kier alpha value is -6.46. The van der Waals surface area contributed by atoms with Crippen LogP contribution in [0.25, 0.3) is 108 Å². The summed E-state index contributed by atoms with van der Waals surface area (Å²) < 4.78 is 0. The lowest BCUT2D eigenvalue weighted by molar-refractivity contribution is 1.70. The summed E-state index contributed by atoms with van der Waals surface area (Å²) in [5.41, 5.74) is 8.07. The van der Waals surface area contributed by atoms with Gasteiger partial charge in [0.1, 0.15) is 8.07 Å². The van der Waals surface area contributed by atoms with Crippen LogP contribution >= 0.6 is 15.1 Å². The normalized spacial score (nSPS) is 13.8. The van der Waals surface area contributed by atoms with Crippen molar-refractivity contribution in [1.82, 2.24) is 0 Å². The summed E-state index contributed by atoms with van der Waals surface area (Å²) in [5, 5.41) is 22.5. The molecule has 3 heterocycles. The van der Waals surface area contributed by atoms with Crippen LogP contribution in [-0.2, 0) is 0 Å². The van der Waals surface area contributed by atoms with E-state index in [0.717, 1.165) is 0 Å². The van der Waals surface area contributed by atoms with E-state index in [1.165, 1.54) is 108 Å². The Labute approximate surface area is 358 Å². The molecule has 2 atom stereocenters. The maximum Gasteiger partial charge on any atom is 0.113 e. The van der Waals surface area contributed by atoms with Gasteiger partial charge in [-0.15, -0.1) is 0 Å². The monoisotopic (exact) mass is 826 g/mol. The minimum atomic E-state index is -1.99. The second kappa shape index (κ2) is 13.3. The maximum atomic E-state index is 2.64. The van der Waals surface area contributed by atoms with E-state index in [1.807, 2.05) is 0 Å². The Kier molecular flexibility index (Phi) is 7.68. The van der Waals surface area contributed by atoms with Gasteiger partial charge in [-0.3, -0.25) is 0 Å². The molecule has 0 amide bonds. The zero-order valence-corrected chi connectivity index (χ0v) is 36.8. The van der Waals surface area contributed by atoms with Crippen LogP contribution in [0.2, 0.25) is 13.1 Å². The summed E-state index contributed by atoms with van der Waals surface area (Å²) in [6.45, 7) is 5.10. The SMILES string of the molecule is C[Si]1(C)c2ccccc2-c2cc3c(-c4ccc5c(c4)c4ccccc4p5-c4ccccc4)c4ccccc4c(-c4ccc5c(c4)c4ccccc4p5-c4ccccc4)c3cc21. The predicted molar refractivity (Wildman–Crippen MR) is 273 cm³/mol. The van der Waals surface area contributed by atoms with Crippen molar-refractivity contribution in [3.63, 3.8) is 0 Å².